The van der Waals surface area contributed by atoms with E-state index >= 15 is 0 Å². The Bertz CT molecular complexity index is 725. The van der Waals surface area contributed by atoms with Gasteiger partial charge in [0.1, 0.15) is 5.60 Å². The monoisotopic (exact) mass is 411 g/mol. The van der Waals surface area contributed by atoms with Gasteiger partial charge in [0, 0.05) is 32.8 Å². The van der Waals surface area contributed by atoms with Crippen molar-refractivity contribution in [1.29, 1.82) is 0 Å². The van der Waals surface area contributed by atoms with E-state index in [4.69, 9.17) is 9.47 Å². The second kappa shape index (κ2) is 11.0. The zero-order valence-electron chi connectivity index (χ0n) is 17.5. The van der Waals surface area contributed by atoms with Crippen LogP contribution in [-0.2, 0) is 30.9 Å². The van der Waals surface area contributed by atoms with Gasteiger partial charge in [0.2, 0.25) is 18.3 Å². The largest absolute Gasteiger partial charge is 0.466 e. The lowest BCUT2D eigenvalue weighted by atomic mass is 10.2. The Hall–Kier alpha value is -3.11. The summed E-state index contributed by atoms with van der Waals surface area (Å²) < 4.78 is 11.5. The van der Waals surface area contributed by atoms with E-state index in [1.165, 1.54) is 11.1 Å². The molecule has 0 fully saturated rings. The summed E-state index contributed by atoms with van der Waals surface area (Å²) in [6.45, 7) is 7.39. The fourth-order valence-electron chi connectivity index (χ4n) is 2.23. The summed E-state index contributed by atoms with van der Waals surface area (Å²) in [7, 11) is 1.66. The van der Waals surface area contributed by atoms with E-state index in [9.17, 15) is 19.2 Å². The second-order valence-electron chi connectivity index (χ2n) is 7.12. The Morgan fingerprint density at radius 3 is 2.55 bits per heavy atom. The van der Waals surface area contributed by atoms with Crippen molar-refractivity contribution in [2.45, 2.75) is 46.1 Å². The fraction of sp³-hybridized carbons (Fsp3) is 0.611. The number of nitrogens with zero attached hydrogens (tertiary/aromatic N) is 3. The molecule has 2 N–H and O–H groups in total. The molecule has 0 atom stereocenters. The third-order valence-electron chi connectivity index (χ3n) is 3.39. The third kappa shape index (κ3) is 9.08. The highest BCUT2D eigenvalue weighted by molar-refractivity contribution is 5.90. The molecule has 0 saturated heterocycles. The zero-order valence-corrected chi connectivity index (χ0v) is 17.5. The number of rotatable bonds is 10. The zero-order chi connectivity index (χ0) is 22.0. The van der Waals surface area contributed by atoms with Crippen LogP contribution in [0.1, 0.15) is 40.5 Å². The van der Waals surface area contributed by atoms with Gasteiger partial charge < -0.3 is 24.7 Å². The highest BCUT2D eigenvalue weighted by Gasteiger charge is 2.17. The minimum absolute atomic E-state index is 0.0192. The lowest BCUT2D eigenvalue weighted by molar-refractivity contribution is -0.142. The van der Waals surface area contributed by atoms with Crippen LogP contribution in [0.15, 0.2) is 6.20 Å². The number of imidazole rings is 1. The topological polar surface area (TPSA) is 132 Å². The first-order chi connectivity index (χ1) is 13.6. The van der Waals surface area contributed by atoms with Crippen LogP contribution in [0, 0.1) is 0 Å². The maximum absolute atomic E-state index is 12.0. The second-order valence-corrected chi connectivity index (χ2v) is 7.12. The van der Waals surface area contributed by atoms with E-state index < -0.39 is 17.7 Å². The van der Waals surface area contributed by atoms with Crippen molar-refractivity contribution in [2.75, 3.05) is 29.9 Å². The Balaban J connectivity index is 2.55. The number of carbonyl (C=O) groups excluding carboxylic acids is 4. The smallest absolute Gasteiger partial charge is 0.407 e. The van der Waals surface area contributed by atoms with Crippen molar-refractivity contribution in [3.8, 4) is 0 Å². The fourth-order valence-corrected chi connectivity index (χ4v) is 2.23. The van der Waals surface area contributed by atoms with Crippen LogP contribution in [0.4, 0.5) is 16.6 Å². The lowest BCUT2D eigenvalue weighted by Gasteiger charge is -2.19. The molecule has 0 saturated carbocycles. The van der Waals surface area contributed by atoms with Crippen molar-refractivity contribution in [1.82, 2.24) is 14.9 Å². The third-order valence-corrected chi connectivity index (χ3v) is 3.39. The van der Waals surface area contributed by atoms with Crippen LogP contribution >= 0.6 is 0 Å². The summed E-state index contributed by atoms with van der Waals surface area (Å²) in [6, 6.07) is 0. The molecule has 11 heteroatoms. The summed E-state index contributed by atoms with van der Waals surface area (Å²) in [6.07, 6.45) is 1.53. The molecular formula is C18H29N5O6. The molecule has 0 unspecified atom stereocenters. The summed E-state index contributed by atoms with van der Waals surface area (Å²) in [5.41, 5.74) is -0.617. The Morgan fingerprint density at radius 2 is 1.97 bits per heavy atom. The van der Waals surface area contributed by atoms with Gasteiger partial charge in [0.25, 0.3) is 0 Å². The van der Waals surface area contributed by atoms with E-state index in [2.05, 4.69) is 15.6 Å². The minimum atomic E-state index is -0.617. The van der Waals surface area contributed by atoms with E-state index in [-0.39, 0.29) is 50.2 Å². The molecule has 0 bridgehead atoms. The van der Waals surface area contributed by atoms with Gasteiger partial charge in [-0.05, 0) is 27.7 Å². The van der Waals surface area contributed by atoms with E-state index in [1.54, 1.807) is 39.3 Å². The Morgan fingerprint density at radius 1 is 1.28 bits per heavy atom. The predicted molar refractivity (Wildman–Crippen MR) is 105 cm³/mol. The molecule has 1 aromatic heterocycles. The molecule has 1 rings (SSSR count). The molecule has 0 aromatic carbocycles. The summed E-state index contributed by atoms with van der Waals surface area (Å²) in [5, 5.41) is 5.08. The van der Waals surface area contributed by atoms with Crippen molar-refractivity contribution in [2.24, 2.45) is 7.05 Å². The normalized spacial score (nSPS) is 10.8. The number of hydrogen-bond donors (Lipinski definition) is 2. The van der Waals surface area contributed by atoms with Crippen molar-refractivity contribution >= 4 is 36.1 Å². The van der Waals surface area contributed by atoms with Crippen LogP contribution in [-0.4, -0.2) is 59.2 Å². The highest BCUT2D eigenvalue weighted by Crippen LogP contribution is 2.16. The average Bonchev–Trinajstić information content (AvgIpc) is 2.94. The predicted octanol–water partition coefficient (Wildman–Crippen LogP) is 1.19. The first kappa shape index (κ1) is 23.9. The number of hydrogen-bond acceptors (Lipinski definition) is 7. The number of carbonyl (C=O) groups is 4. The number of amides is 3. The van der Waals surface area contributed by atoms with Gasteiger partial charge in [-0.1, -0.05) is 0 Å². The lowest BCUT2D eigenvalue weighted by Crippen LogP contribution is -2.34. The molecule has 11 nitrogen and oxygen atoms in total. The van der Waals surface area contributed by atoms with Crippen LogP contribution in [0.2, 0.25) is 0 Å². The Kier molecular flexibility index (Phi) is 9.10. The van der Waals surface area contributed by atoms with Gasteiger partial charge in [0.05, 0.1) is 13.0 Å². The Labute approximate surface area is 169 Å². The summed E-state index contributed by atoms with van der Waals surface area (Å²) in [5.74, 6) is -0.270. The molecule has 3 amide bonds. The van der Waals surface area contributed by atoms with E-state index in [0.29, 0.717) is 6.41 Å². The number of nitrogens with one attached hydrogen (secondary N) is 2. The van der Waals surface area contributed by atoms with Crippen LogP contribution in [0.25, 0.3) is 0 Å². The van der Waals surface area contributed by atoms with Gasteiger partial charge in [-0.25, -0.2) is 4.79 Å². The van der Waals surface area contributed by atoms with Crippen molar-refractivity contribution < 1.29 is 28.7 Å². The standard InChI is InChI=1S/C18H29N5O6/c1-6-28-15(26)8-10-23(12-24)16-21-13(11-22(16)5)20-14(25)7-9-19-17(27)29-18(2,3)4/h11-12H,6-10H2,1-5H3,(H,19,27)(H,20,25). The molecule has 0 aliphatic rings. The van der Waals surface area contributed by atoms with Crippen molar-refractivity contribution in [3.05, 3.63) is 6.20 Å². The highest BCUT2D eigenvalue weighted by atomic mass is 16.6. The quantitative estimate of drug-likeness (QED) is 0.436. The van der Waals surface area contributed by atoms with Crippen LogP contribution < -0.4 is 15.5 Å². The SMILES string of the molecule is CCOC(=O)CCN(C=O)c1nc(NC(=O)CCNC(=O)OC(C)(C)C)cn1C. The molecule has 0 radical (unpaired) electrons. The van der Waals surface area contributed by atoms with Gasteiger partial charge in [0.15, 0.2) is 5.82 Å². The summed E-state index contributed by atoms with van der Waals surface area (Å²) in [4.78, 5) is 51.8. The number of anilines is 2. The minimum Gasteiger partial charge on any atom is -0.466 e. The molecule has 162 valence electrons. The average molecular weight is 411 g/mol. The first-order valence-electron chi connectivity index (χ1n) is 9.23. The molecule has 0 spiro atoms. The molecular weight excluding hydrogens is 382 g/mol. The summed E-state index contributed by atoms with van der Waals surface area (Å²) >= 11 is 0. The molecule has 29 heavy (non-hydrogen) atoms. The van der Waals surface area contributed by atoms with Gasteiger partial charge in [-0.3, -0.25) is 19.3 Å². The number of aromatic nitrogens is 2. The number of esters is 1. The van der Waals surface area contributed by atoms with Gasteiger partial charge >= 0.3 is 12.1 Å². The molecule has 0 aliphatic carbocycles. The van der Waals surface area contributed by atoms with E-state index in [0.717, 1.165) is 0 Å². The number of aryl methyl sites for hydroxylation is 1. The van der Waals surface area contributed by atoms with Crippen molar-refractivity contribution in [3.63, 3.8) is 0 Å². The van der Waals surface area contributed by atoms with Gasteiger partial charge in [-0.2, -0.15) is 4.98 Å². The maximum Gasteiger partial charge on any atom is 0.407 e. The van der Waals surface area contributed by atoms with Crippen LogP contribution in [0.5, 0.6) is 0 Å². The first-order valence-corrected chi connectivity index (χ1v) is 9.23. The number of ether oxygens (including phenoxy) is 2. The molecule has 1 heterocycles. The van der Waals surface area contributed by atoms with E-state index in [1.807, 2.05) is 0 Å². The molecule has 1 aromatic rings. The molecule has 0 aliphatic heterocycles. The maximum atomic E-state index is 12.0. The number of alkyl carbamates (subject to hydrolysis) is 1. The van der Waals surface area contributed by atoms with Crippen LogP contribution in [0.3, 0.4) is 0 Å². The van der Waals surface area contributed by atoms with Gasteiger partial charge in [-0.15, -0.1) is 0 Å².